The van der Waals surface area contributed by atoms with Crippen LogP contribution in [0.3, 0.4) is 0 Å². The number of fused-ring (bicyclic) bond motifs is 1. The Morgan fingerprint density at radius 1 is 1.28 bits per heavy atom. The van der Waals surface area contributed by atoms with Gasteiger partial charge in [0.15, 0.2) is 5.78 Å². The van der Waals surface area contributed by atoms with Gasteiger partial charge >= 0.3 is 0 Å². The first-order chi connectivity index (χ1) is 8.65. The van der Waals surface area contributed by atoms with Crippen molar-refractivity contribution in [2.24, 2.45) is 5.92 Å². The van der Waals surface area contributed by atoms with Crippen LogP contribution in [-0.2, 0) is 6.42 Å². The zero-order chi connectivity index (χ0) is 12.7. The molecule has 1 heterocycles. The highest BCUT2D eigenvalue weighted by Gasteiger charge is 2.26. The van der Waals surface area contributed by atoms with E-state index in [0.717, 1.165) is 23.4 Å². The van der Waals surface area contributed by atoms with Gasteiger partial charge in [-0.1, -0.05) is 18.5 Å². The van der Waals surface area contributed by atoms with E-state index in [1.54, 1.807) is 6.20 Å². The molecule has 0 spiro atoms. The average molecular weight is 261 g/mol. The van der Waals surface area contributed by atoms with Crippen molar-refractivity contribution in [1.82, 2.24) is 9.78 Å². The van der Waals surface area contributed by atoms with E-state index < -0.39 is 0 Å². The van der Waals surface area contributed by atoms with Gasteiger partial charge in [-0.25, -0.2) is 4.68 Å². The number of hydrogen-bond donors (Lipinski definition) is 0. The fourth-order valence-corrected chi connectivity index (χ4v) is 2.56. The molecule has 0 N–H and O–H groups in total. The summed E-state index contributed by atoms with van der Waals surface area (Å²) in [6, 6.07) is 7.50. The summed E-state index contributed by atoms with van der Waals surface area (Å²) in [6.07, 6.45) is 3.20. The predicted molar refractivity (Wildman–Crippen MR) is 70.4 cm³/mol. The van der Waals surface area contributed by atoms with Crippen LogP contribution in [0.5, 0.6) is 0 Å². The fraction of sp³-hybridized carbons (Fsp3) is 0.286. The standard InChI is InChI=1S/C14H13ClN2O/c1-9-6-13-12(14(18)7-9)8-16-17(13)11-4-2-10(15)3-5-11/h2-5,8-9H,6-7H2,1H3/t9-/m0/s1. The van der Waals surface area contributed by atoms with Crippen LogP contribution in [0.2, 0.25) is 5.02 Å². The second-order valence-electron chi connectivity index (χ2n) is 4.83. The van der Waals surface area contributed by atoms with Crippen molar-refractivity contribution >= 4 is 17.4 Å². The summed E-state index contributed by atoms with van der Waals surface area (Å²) in [6.45, 7) is 2.10. The molecule has 0 radical (unpaired) electrons. The lowest BCUT2D eigenvalue weighted by atomic mass is 9.88. The van der Waals surface area contributed by atoms with E-state index in [2.05, 4.69) is 12.0 Å². The van der Waals surface area contributed by atoms with Crippen molar-refractivity contribution in [2.45, 2.75) is 19.8 Å². The highest BCUT2D eigenvalue weighted by molar-refractivity contribution is 6.30. The Hall–Kier alpha value is -1.61. The Balaban J connectivity index is 2.09. The minimum absolute atomic E-state index is 0.198. The largest absolute Gasteiger partial charge is 0.294 e. The Morgan fingerprint density at radius 3 is 2.72 bits per heavy atom. The molecule has 0 saturated carbocycles. The SMILES string of the molecule is C[C@@H]1CC(=O)c2cnn(-c3ccc(Cl)cc3)c2C1. The minimum Gasteiger partial charge on any atom is -0.294 e. The van der Waals surface area contributed by atoms with Gasteiger partial charge < -0.3 is 0 Å². The number of aromatic nitrogens is 2. The Kier molecular flexibility index (Phi) is 2.71. The van der Waals surface area contributed by atoms with Crippen molar-refractivity contribution in [3.8, 4) is 5.69 Å². The van der Waals surface area contributed by atoms with Gasteiger partial charge in [0.2, 0.25) is 0 Å². The zero-order valence-electron chi connectivity index (χ0n) is 10.1. The molecule has 0 saturated heterocycles. The third kappa shape index (κ3) is 1.85. The van der Waals surface area contributed by atoms with Crippen LogP contribution >= 0.6 is 11.6 Å². The summed E-state index contributed by atoms with van der Waals surface area (Å²) in [4.78, 5) is 11.9. The smallest absolute Gasteiger partial charge is 0.166 e. The molecular formula is C14H13ClN2O. The predicted octanol–water partition coefficient (Wildman–Crippen LogP) is 3.29. The Labute approximate surface area is 110 Å². The molecule has 0 fully saturated rings. The molecule has 0 aliphatic heterocycles. The second kappa shape index (κ2) is 4.25. The number of benzene rings is 1. The Morgan fingerprint density at radius 2 is 2.00 bits per heavy atom. The van der Waals surface area contributed by atoms with E-state index in [0.29, 0.717) is 17.4 Å². The fourth-order valence-electron chi connectivity index (χ4n) is 2.44. The van der Waals surface area contributed by atoms with Crippen LogP contribution in [-0.4, -0.2) is 15.6 Å². The van der Waals surface area contributed by atoms with Crippen LogP contribution < -0.4 is 0 Å². The molecule has 18 heavy (non-hydrogen) atoms. The molecule has 1 aliphatic carbocycles. The molecule has 1 atom stereocenters. The molecule has 2 aromatic rings. The monoisotopic (exact) mass is 260 g/mol. The summed E-state index contributed by atoms with van der Waals surface area (Å²) in [5.74, 6) is 0.580. The van der Waals surface area contributed by atoms with Crippen LogP contribution in [0.4, 0.5) is 0 Å². The number of ketones is 1. The van der Waals surface area contributed by atoms with Crippen LogP contribution in [0.25, 0.3) is 5.69 Å². The van der Waals surface area contributed by atoms with Crippen molar-refractivity contribution in [3.05, 3.63) is 46.7 Å². The normalized spacial score (nSPS) is 18.8. The third-order valence-corrected chi connectivity index (χ3v) is 3.57. The molecular weight excluding hydrogens is 248 g/mol. The maximum absolute atomic E-state index is 11.9. The highest BCUT2D eigenvalue weighted by atomic mass is 35.5. The van der Waals surface area contributed by atoms with Crippen molar-refractivity contribution in [1.29, 1.82) is 0 Å². The molecule has 1 aliphatic rings. The van der Waals surface area contributed by atoms with Crippen LogP contribution in [0.1, 0.15) is 29.4 Å². The number of rotatable bonds is 1. The molecule has 92 valence electrons. The summed E-state index contributed by atoms with van der Waals surface area (Å²) < 4.78 is 1.85. The van der Waals surface area contributed by atoms with Gasteiger partial charge in [-0.2, -0.15) is 5.10 Å². The summed E-state index contributed by atoms with van der Waals surface area (Å²) in [5.41, 5.74) is 2.73. The van der Waals surface area contributed by atoms with Gasteiger partial charge in [-0.15, -0.1) is 0 Å². The van der Waals surface area contributed by atoms with E-state index in [-0.39, 0.29) is 5.78 Å². The molecule has 3 nitrogen and oxygen atoms in total. The first-order valence-corrected chi connectivity index (χ1v) is 6.39. The summed E-state index contributed by atoms with van der Waals surface area (Å²) in [5, 5.41) is 5.03. The Bertz CT molecular complexity index is 601. The molecule has 1 aromatic heterocycles. The number of carbonyl (C=O) groups is 1. The van der Waals surface area contributed by atoms with Gasteiger partial charge in [0, 0.05) is 11.4 Å². The quantitative estimate of drug-likeness (QED) is 0.789. The van der Waals surface area contributed by atoms with E-state index in [1.807, 2.05) is 28.9 Å². The number of carbonyl (C=O) groups excluding carboxylic acids is 1. The van der Waals surface area contributed by atoms with E-state index in [4.69, 9.17) is 11.6 Å². The lowest BCUT2D eigenvalue weighted by Gasteiger charge is -2.18. The molecule has 0 unspecified atom stereocenters. The topological polar surface area (TPSA) is 34.9 Å². The third-order valence-electron chi connectivity index (χ3n) is 3.32. The number of hydrogen-bond acceptors (Lipinski definition) is 2. The molecule has 4 heteroatoms. The van der Waals surface area contributed by atoms with Crippen molar-refractivity contribution < 1.29 is 4.79 Å². The molecule has 0 bridgehead atoms. The van der Waals surface area contributed by atoms with Crippen molar-refractivity contribution in [2.75, 3.05) is 0 Å². The van der Waals surface area contributed by atoms with Gasteiger partial charge in [-0.05, 0) is 36.6 Å². The maximum atomic E-state index is 11.9. The van der Waals surface area contributed by atoms with Gasteiger partial charge in [-0.3, -0.25) is 4.79 Å². The maximum Gasteiger partial charge on any atom is 0.166 e. The first kappa shape index (κ1) is 11.5. The van der Waals surface area contributed by atoms with E-state index in [9.17, 15) is 4.79 Å². The number of Topliss-reactive ketones (excluding diaryl/α,β-unsaturated/α-hetero) is 1. The first-order valence-electron chi connectivity index (χ1n) is 6.01. The zero-order valence-corrected chi connectivity index (χ0v) is 10.8. The molecule has 3 rings (SSSR count). The number of halogens is 1. The minimum atomic E-state index is 0.198. The van der Waals surface area contributed by atoms with Gasteiger partial charge in [0.1, 0.15) is 0 Å². The van der Waals surface area contributed by atoms with Crippen molar-refractivity contribution in [3.63, 3.8) is 0 Å². The van der Waals surface area contributed by atoms with Gasteiger partial charge in [0.05, 0.1) is 23.1 Å². The van der Waals surface area contributed by atoms with E-state index >= 15 is 0 Å². The second-order valence-corrected chi connectivity index (χ2v) is 5.27. The highest BCUT2D eigenvalue weighted by Crippen LogP contribution is 2.27. The van der Waals surface area contributed by atoms with E-state index in [1.165, 1.54) is 0 Å². The van der Waals surface area contributed by atoms with Crippen LogP contribution in [0, 0.1) is 5.92 Å². The molecule has 0 amide bonds. The van der Waals surface area contributed by atoms with Gasteiger partial charge in [0.25, 0.3) is 0 Å². The lowest BCUT2D eigenvalue weighted by molar-refractivity contribution is 0.0953. The molecule has 1 aromatic carbocycles. The summed E-state index contributed by atoms with van der Waals surface area (Å²) in [7, 11) is 0. The van der Waals surface area contributed by atoms with Crippen LogP contribution in [0.15, 0.2) is 30.5 Å². The number of nitrogens with zero attached hydrogens (tertiary/aromatic N) is 2. The average Bonchev–Trinajstić information content (AvgIpc) is 2.74. The summed E-state index contributed by atoms with van der Waals surface area (Å²) >= 11 is 5.88. The lowest BCUT2D eigenvalue weighted by Crippen LogP contribution is -2.19.